The Kier molecular flexibility index (Phi) is 3.79. The molecule has 2 aromatic carbocycles. The number of nitrogens with zero attached hydrogens (tertiary/aromatic N) is 1. The van der Waals surface area contributed by atoms with Gasteiger partial charge >= 0.3 is 5.69 Å². The van der Waals surface area contributed by atoms with Crippen LogP contribution in [0.15, 0.2) is 72.1 Å². The quantitative estimate of drug-likeness (QED) is 0.715. The second-order valence-electron chi connectivity index (χ2n) is 5.21. The lowest BCUT2D eigenvalue weighted by atomic mass is 10.0. The number of hydrogen-bond donors (Lipinski definition) is 1. The molecule has 1 heterocycles. The van der Waals surface area contributed by atoms with Crippen LogP contribution < -0.4 is 5.69 Å². The Labute approximate surface area is 129 Å². The molecule has 3 heteroatoms. The van der Waals surface area contributed by atoms with Gasteiger partial charge in [-0.2, -0.15) is 0 Å². The van der Waals surface area contributed by atoms with E-state index >= 15 is 0 Å². The van der Waals surface area contributed by atoms with E-state index in [9.17, 15) is 4.79 Å². The van der Waals surface area contributed by atoms with Gasteiger partial charge in [-0.15, -0.1) is 0 Å². The predicted molar refractivity (Wildman–Crippen MR) is 92.4 cm³/mol. The molecule has 0 amide bonds. The van der Waals surface area contributed by atoms with E-state index in [1.165, 1.54) is 0 Å². The first-order valence-corrected chi connectivity index (χ1v) is 7.30. The van der Waals surface area contributed by atoms with Gasteiger partial charge in [0, 0.05) is 0 Å². The third kappa shape index (κ3) is 2.53. The SMILES string of the molecule is C=C(C/C=C\C)c1cccc(-n2c(=O)[nH]c3ccccc32)c1. The average Bonchev–Trinajstić information content (AvgIpc) is 2.88. The lowest BCUT2D eigenvalue weighted by Crippen LogP contribution is -2.14. The smallest absolute Gasteiger partial charge is 0.305 e. The highest BCUT2D eigenvalue weighted by molar-refractivity contribution is 5.77. The molecule has 0 radical (unpaired) electrons. The summed E-state index contributed by atoms with van der Waals surface area (Å²) in [7, 11) is 0. The number of imidazole rings is 1. The van der Waals surface area contributed by atoms with Crippen LogP contribution >= 0.6 is 0 Å². The number of rotatable bonds is 4. The number of nitrogens with one attached hydrogen (secondary N) is 1. The van der Waals surface area contributed by atoms with Gasteiger partial charge in [0.05, 0.1) is 16.7 Å². The Morgan fingerprint density at radius 2 is 2.05 bits per heavy atom. The number of fused-ring (bicyclic) bond motifs is 1. The van der Waals surface area contributed by atoms with Crippen molar-refractivity contribution in [2.45, 2.75) is 13.3 Å². The van der Waals surface area contributed by atoms with Crippen molar-refractivity contribution in [2.75, 3.05) is 0 Å². The fraction of sp³-hybridized carbons (Fsp3) is 0.105. The molecule has 0 unspecified atom stereocenters. The van der Waals surface area contributed by atoms with Crippen molar-refractivity contribution in [3.63, 3.8) is 0 Å². The van der Waals surface area contributed by atoms with Crippen LogP contribution in [0.3, 0.4) is 0 Å². The third-order valence-electron chi connectivity index (χ3n) is 3.70. The van der Waals surface area contributed by atoms with Gasteiger partial charge in [-0.05, 0) is 48.7 Å². The normalized spacial score (nSPS) is 11.3. The largest absolute Gasteiger partial charge is 0.331 e. The highest BCUT2D eigenvalue weighted by Gasteiger charge is 2.09. The Morgan fingerprint density at radius 1 is 1.23 bits per heavy atom. The first-order valence-electron chi connectivity index (χ1n) is 7.30. The first-order chi connectivity index (χ1) is 10.7. The summed E-state index contributed by atoms with van der Waals surface area (Å²) in [5.74, 6) is 0. The molecular formula is C19H18N2O. The maximum Gasteiger partial charge on any atom is 0.331 e. The Bertz CT molecular complexity index is 912. The van der Waals surface area contributed by atoms with E-state index in [4.69, 9.17) is 0 Å². The maximum atomic E-state index is 12.3. The van der Waals surface area contributed by atoms with Crippen LogP contribution in [-0.4, -0.2) is 9.55 Å². The van der Waals surface area contributed by atoms with Crippen molar-refractivity contribution in [3.8, 4) is 5.69 Å². The monoisotopic (exact) mass is 290 g/mol. The molecule has 0 aliphatic heterocycles. The summed E-state index contributed by atoms with van der Waals surface area (Å²) in [4.78, 5) is 15.1. The summed E-state index contributed by atoms with van der Waals surface area (Å²) < 4.78 is 1.70. The van der Waals surface area contributed by atoms with E-state index in [1.54, 1.807) is 4.57 Å². The van der Waals surface area contributed by atoms with Gasteiger partial charge in [-0.3, -0.25) is 4.57 Å². The van der Waals surface area contributed by atoms with E-state index in [2.05, 4.69) is 17.6 Å². The van der Waals surface area contributed by atoms with Gasteiger partial charge < -0.3 is 4.98 Å². The van der Waals surface area contributed by atoms with Crippen molar-refractivity contribution < 1.29 is 0 Å². The molecule has 0 fully saturated rings. The zero-order valence-electron chi connectivity index (χ0n) is 12.5. The zero-order chi connectivity index (χ0) is 15.5. The summed E-state index contributed by atoms with van der Waals surface area (Å²) in [6.07, 6.45) is 4.90. The minimum atomic E-state index is -0.127. The average molecular weight is 290 g/mol. The van der Waals surface area contributed by atoms with Crippen LogP contribution in [0, 0.1) is 0 Å². The Hall–Kier alpha value is -2.81. The molecule has 0 saturated heterocycles. The maximum absolute atomic E-state index is 12.3. The van der Waals surface area contributed by atoms with E-state index in [0.717, 1.165) is 34.3 Å². The van der Waals surface area contributed by atoms with Gasteiger partial charge in [0.2, 0.25) is 0 Å². The standard InChI is InChI=1S/C19H18N2O/c1-3-4-8-14(2)15-9-7-10-16(13-15)21-18-12-6-5-11-17(18)20-19(21)22/h3-7,9-13H,2,8H2,1H3,(H,20,22)/b4-3-. The molecular weight excluding hydrogens is 272 g/mol. The molecule has 0 aliphatic rings. The predicted octanol–water partition coefficient (Wildman–Crippen LogP) is 4.30. The van der Waals surface area contributed by atoms with Crippen LogP contribution in [0.5, 0.6) is 0 Å². The minimum absolute atomic E-state index is 0.127. The first kappa shape index (κ1) is 14.1. The number of aromatic nitrogens is 2. The fourth-order valence-electron chi connectivity index (χ4n) is 2.55. The molecule has 22 heavy (non-hydrogen) atoms. The van der Waals surface area contributed by atoms with Crippen molar-refractivity contribution in [3.05, 3.63) is 83.3 Å². The second-order valence-corrected chi connectivity index (χ2v) is 5.21. The van der Waals surface area contributed by atoms with Gasteiger partial charge in [-0.1, -0.05) is 43.0 Å². The van der Waals surface area contributed by atoms with Crippen molar-refractivity contribution in [1.29, 1.82) is 0 Å². The summed E-state index contributed by atoms with van der Waals surface area (Å²) in [6.45, 7) is 6.12. The van der Waals surface area contributed by atoms with Gasteiger partial charge in [0.15, 0.2) is 0 Å². The number of aromatic amines is 1. The van der Waals surface area contributed by atoms with E-state index < -0.39 is 0 Å². The molecule has 1 aromatic heterocycles. The molecule has 0 aliphatic carbocycles. The number of para-hydroxylation sites is 2. The summed E-state index contributed by atoms with van der Waals surface area (Å²) in [6, 6.07) is 15.6. The number of allylic oxidation sites excluding steroid dienone is 3. The van der Waals surface area contributed by atoms with Crippen LogP contribution in [0.1, 0.15) is 18.9 Å². The molecule has 0 spiro atoms. The molecule has 110 valence electrons. The zero-order valence-corrected chi connectivity index (χ0v) is 12.5. The lowest BCUT2D eigenvalue weighted by molar-refractivity contribution is 1.01. The molecule has 0 saturated carbocycles. The number of benzene rings is 2. The van der Waals surface area contributed by atoms with Crippen LogP contribution in [-0.2, 0) is 0 Å². The van der Waals surface area contributed by atoms with E-state index in [0.29, 0.717) is 0 Å². The fourth-order valence-corrected chi connectivity index (χ4v) is 2.55. The number of H-pyrrole nitrogens is 1. The molecule has 3 aromatic rings. The third-order valence-corrected chi connectivity index (χ3v) is 3.70. The second kappa shape index (κ2) is 5.90. The van der Waals surface area contributed by atoms with Crippen molar-refractivity contribution in [2.24, 2.45) is 0 Å². The van der Waals surface area contributed by atoms with Crippen molar-refractivity contribution >= 4 is 16.6 Å². The van der Waals surface area contributed by atoms with Crippen LogP contribution in [0.2, 0.25) is 0 Å². The Morgan fingerprint density at radius 3 is 2.86 bits per heavy atom. The van der Waals surface area contributed by atoms with Crippen LogP contribution in [0.4, 0.5) is 0 Å². The molecule has 0 atom stereocenters. The van der Waals surface area contributed by atoms with E-state index in [-0.39, 0.29) is 5.69 Å². The van der Waals surface area contributed by atoms with Crippen molar-refractivity contribution in [1.82, 2.24) is 9.55 Å². The molecule has 0 bridgehead atoms. The Balaban J connectivity index is 2.10. The van der Waals surface area contributed by atoms with Gasteiger partial charge in [0.25, 0.3) is 0 Å². The van der Waals surface area contributed by atoms with Gasteiger partial charge in [0.1, 0.15) is 0 Å². The molecule has 3 rings (SSSR count). The highest BCUT2D eigenvalue weighted by atomic mass is 16.1. The summed E-state index contributed by atoms with van der Waals surface area (Å²) in [5, 5.41) is 0. The summed E-state index contributed by atoms with van der Waals surface area (Å²) in [5.41, 5.74) is 4.52. The summed E-state index contributed by atoms with van der Waals surface area (Å²) >= 11 is 0. The molecule has 1 N–H and O–H groups in total. The number of hydrogen-bond acceptors (Lipinski definition) is 1. The van der Waals surface area contributed by atoms with E-state index in [1.807, 2.05) is 61.5 Å². The molecule has 3 nitrogen and oxygen atoms in total. The van der Waals surface area contributed by atoms with Gasteiger partial charge in [-0.25, -0.2) is 4.79 Å². The van der Waals surface area contributed by atoms with Crippen LogP contribution in [0.25, 0.3) is 22.3 Å². The lowest BCUT2D eigenvalue weighted by Gasteiger charge is -2.08. The topological polar surface area (TPSA) is 37.8 Å². The highest BCUT2D eigenvalue weighted by Crippen LogP contribution is 2.21. The minimum Gasteiger partial charge on any atom is -0.305 e.